The molecule has 3 aliphatic rings. The first-order chi connectivity index (χ1) is 21.2. The number of aliphatic hydroxyl groups is 3. The molecule has 0 spiro atoms. The number of allylic oxidation sites excluding steroid dienone is 3. The predicted molar refractivity (Wildman–Crippen MR) is 173 cm³/mol. The Bertz CT molecular complexity index is 1050. The van der Waals surface area contributed by atoms with Crippen LogP contribution in [0.25, 0.3) is 0 Å². The number of piperazine rings is 1. The minimum atomic E-state index is -1.45. The highest BCUT2D eigenvalue weighted by molar-refractivity contribution is 5.70. The molecule has 1 amide bonds. The van der Waals surface area contributed by atoms with E-state index in [2.05, 4.69) is 24.8 Å². The van der Waals surface area contributed by atoms with E-state index < -0.39 is 36.0 Å². The molecule has 0 saturated carbocycles. The number of nitrogens with zero attached hydrogens (tertiary/aromatic N) is 2. The molecule has 2 fully saturated rings. The van der Waals surface area contributed by atoms with Crippen LogP contribution in [-0.4, -0.2) is 112 Å². The second-order valence-electron chi connectivity index (χ2n) is 13.6. The molecule has 10 atom stereocenters. The Labute approximate surface area is 270 Å². The maximum absolute atomic E-state index is 13.1. The van der Waals surface area contributed by atoms with Crippen LogP contribution in [0, 0.1) is 17.8 Å². The minimum Gasteiger partial charge on any atom is -0.457 e. The summed E-state index contributed by atoms with van der Waals surface area (Å²) < 4.78 is 17.6. The number of hydrogen-bond donors (Lipinski definition) is 3. The number of epoxide rings is 1. The summed E-state index contributed by atoms with van der Waals surface area (Å²) in [6.07, 6.45) is 8.04. The number of esters is 1. The van der Waals surface area contributed by atoms with Crippen molar-refractivity contribution in [3.8, 4) is 0 Å². The predicted octanol–water partition coefficient (Wildman–Crippen LogP) is 4.23. The number of aliphatic hydroxyl groups excluding tert-OH is 2. The maximum Gasteiger partial charge on any atom is 0.410 e. The van der Waals surface area contributed by atoms with Gasteiger partial charge in [-0.05, 0) is 63.6 Å². The van der Waals surface area contributed by atoms with Crippen molar-refractivity contribution < 1.29 is 39.1 Å². The molecule has 0 aliphatic carbocycles. The lowest BCUT2D eigenvalue weighted by Gasteiger charge is -2.37. The van der Waals surface area contributed by atoms with E-state index in [4.69, 9.17) is 14.2 Å². The Hall–Kier alpha value is -2.24. The third-order valence-electron chi connectivity index (χ3n) is 9.65. The molecule has 3 heterocycles. The lowest BCUT2D eigenvalue weighted by atomic mass is 9.88. The first-order valence-electron chi connectivity index (χ1n) is 16.9. The van der Waals surface area contributed by atoms with Crippen LogP contribution < -0.4 is 0 Å². The molecule has 0 bridgehead atoms. The number of carbonyl (C=O) groups is 2. The molecular formula is C35H58N2O8. The fourth-order valence-corrected chi connectivity index (χ4v) is 6.22. The molecule has 2 saturated heterocycles. The van der Waals surface area contributed by atoms with Crippen LogP contribution in [0.4, 0.5) is 4.79 Å². The molecule has 45 heavy (non-hydrogen) atoms. The first kappa shape index (κ1) is 37.2. The molecule has 3 aliphatic heterocycles. The highest BCUT2D eigenvalue weighted by Gasteiger charge is 2.45. The first-order valence-corrected chi connectivity index (χ1v) is 16.9. The number of rotatable bonds is 10. The van der Waals surface area contributed by atoms with E-state index in [1.54, 1.807) is 17.9 Å². The van der Waals surface area contributed by atoms with Gasteiger partial charge in [0.05, 0.1) is 30.8 Å². The summed E-state index contributed by atoms with van der Waals surface area (Å²) in [4.78, 5) is 29.8. The minimum absolute atomic E-state index is 0.0989. The van der Waals surface area contributed by atoms with Crippen molar-refractivity contribution >= 4 is 12.1 Å². The van der Waals surface area contributed by atoms with Crippen molar-refractivity contribution in [2.24, 2.45) is 17.8 Å². The smallest absolute Gasteiger partial charge is 0.410 e. The Kier molecular flexibility index (Phi) is 14.1. The molecule has 0 aromatic heterocycles. The Morgan fingerprint density at radius 3 is 2.53 bits per heavy atom. The van der Waals surface area contributed by atoms with Crippen LogP contribution in [0.1, 0.15) is 80.6 Å². The van der Waals surface area contributed by atoms with E-state index in [1.165, 1.54) is 0 Å². The number of carbonyl (C=O) groups excluding carboxylic acids is 2. The van der Waals surface area contributed by atoms with Gasteiger partial charge in [0.2, 0.25) is 0 Å². The van der Waals surface area contributed by atoms with Gasteiger partial charge in [0.1, 0.15) is 11.7 Å². The maximum atomic E-state index is 13.1. The van der Waals surface area contributed by atoms with Crippen molar-refractivity contribution in [1.29, 1.82) is 0 Å². The zero-order chi connectivity index (χ0) is 33.3. The number of ether oxygens (including phenoxy) is 3. The Balaban J connectivity index is 1.70. The van der Waals surface area contributed by atoms with Gasteiger partial charge in [0.15, 0.2) is 6.10 Å². The number of cyclic esters (lactones) is 1. The van der Waals surface area contributed by atoms with Gasteiger partial charge in [-0.25, -0.2) is 4.79 Å². The fraction of sp³-hybridized carbons (Fsp3) is 0.771. The zero-order valence-electron chi connectivity index (χ0n) is 28.4. The van der Waals surface area contributed by atoms with Crippen molar-refractivity contribution in [3.05, 3.63) is 36.0 Å². The number of likely N-dealkylation sites (N-methyl/N-ethyl adjacent to an activating group) is 1. The molecule has 10 nitrogen and oxygen atoms in total. The molecule has 10 heteroatoms. The van der Waals surface area contributed by atoms with Crippen LogP contribution in [0.2, 0.25) is 0 Å². The van der Waals surface area contributed by atoms with Gasteiger partial charge in [-0.3, -0.25) is 4.79 Å². The van der Waals surface area contributed by atoms with E-state index in [9.17, 15) is 24.9 Å². The number of amides is 1. The number of hydrogen-bond acceptors (Lipinski definition) is 9. The highest BCUT2D eigenvalue weighted by atomic mass is 16.6. The largest absolute Gasteiger partial charge is 0.457 e. The van der Waals surface area contributed by atoms with E-state index in [0.29, 0.717) is 19.5 Å². The zero-order valence-corrected chi connectivity index (χ0v) is 28.4. The topological polar surface area (TPSA) is 132 Å². The van der Waals surface area contributed by atoms with Gasteiger partial charge >= 0.3 is 12.1 Å². The second-order valence-corrected chi connectivity index (χ2v) is 13.6. The standard InChI is InChI=1S/C35H58N2O8/c1-8-28(39)26(6)33-29(43-33)21-23(3)11-10-12-24(4)32-25(5)13-14-30(35(7,42)16-15-27(38)22-31(40)45-32)44-34(41)37-19-17-36(9-2)18-20-37/h10-14,23,25-30,32-33,38-39,42H,8-9,15-22H2,1-7H3/b11-10+,14-13+,24-12+. The quantitative estimate of drug-likeness (QED) is 0.140. The third kappa shape index (κ3) is 11.2. The van der Waals surface area contributed by atoms with Gasteiger partial charge in [-0.1, -0.05) is 58.9 Å². The van der Waals surface area contributed by atoms with E-state index in [-0.39, 0.29) is 55.3 Å². The Morgan fingerprint density at radius 2 is 1.89 bits per heavy atom. The van der Waals surface area contributed by atoms with Gasteiger partial charge in [0.25, 0.3) is 0 Å². The van der Waals surface area contributed by atoms with E-state index in [1.807, 2.05) is 45.9 Å². The average Bonchev–Trinajstić information content (AvgIpc) is 3.77. The van der Waals surface area contributed by atoms with E-state index in [0.717, 1.165) is 31.6 Å². The molecule has 3 N–H and O–H groups in total. The summed E-state index contributed by atoms with van der Waals surface area (Å²) in [6.45, 7) is 17.2. The monoisotopic (exact) mass is 634 g/mol. The fourth-order valence-electron chi connectivity index (χ4n) is 6.22. The normalized spacial score (nSPS) is 35.1. The molecule has 0 aromatic rings. The summed E-state index contributed by atoms with van der Waals surface area (Å²) >= 11 is 0. The third-order valence-corrected chi connectivity index (χ3v) is 9.65. The molecule has 3 rings (SSSR count). The van der Waals surface area contributed by atoms with Gasteiger partial charge < -0.3 is 39.3 Å². The van der Waals surface area contributed by atoms with Crippen molar-refractivity contribution in [2.75, 3.05) is 32.7 Å². The highest BCUT2D eigenvalue weighted by Crippen LogP contribution is 2.36. The van der Waals surface area contributed by atoms with Crippen molar-refractivity contribution in [3.63, 3.8) is 0 Å². The lowest BCUT2D eigenvalue weighted by molar-refractivity contribution is -0.151. The van der Waals surface area contributed by atoms with Crippen LogP contribution in [0.3, 0.4) is 0 Å². The average molecular weight is 635 g/mol. The molecule has 256 valence electrons. The molecule has 10 unspecified atom stereocenters. The van der Waals surface area contributed by atoms with Gasteiger partial charge in [-0.2, -0.15) is 0 Å². The van der Waals surface area contributed by atoms with Crippen molar-refractivity contribution in [1.82, 2.24) is 9.80 Å². The van der Waals surface area contributed by atoms with Crippen LogP contribution in [0.15, 0.2) is 36.0 Å². The molecule has 0 aromatic carbocycles. The van der Waals surface area contributed by atoms with Crippen LogP contribution >= 0.6 is 0 Å². The summed E-state index contributed by atoms with van der Waals surface area (Å²) in [6, 6.07) is 0. The van der Waals surface area contributed by atoms with Gasteiger partial charge in [-0.15, -0.1) is 0 Å². The van der Waals surface area contributed by atoms with Gasteiger partial charge in [0, 0.05) is 38.0 Å². The second kappa shape index (κ2) is 17.1. The summed E-state index contributed by atoms with van der Waals surface area (Å²) in [5, 5.41) is 32.1. The summed E-state index contributed by atoms with van der Waals surface area (Å²) in [7, 11) is 0. The Morgan fingerprint density at radius 1 is 1.20 bits per heavy atom. The van der Waals surface area contributed by atoms with Crippen LogP contribution in [0.5, 0.6) is 0 Å². The SMILES string of the molecule is CCC(O)C(C)C1OC1CC(C)/C=C/C=C(\C)C1OC(=O)CC(O)CCC(C)(O)C(OC(=O)N2CCN(CC)CC2)/C=C/C1C. The van der Waals surface area contributed by atoms with E-state index >= 15 is 0 Å². The lowest BCUT2D eigenvalue weighted by Crippen LogP contribution is -2.51. The van der Waals surface area contributed by atoms with Crippen molar-refractivity contribution in [2.45, 2.75) is 123 Å². The molecular weight excluding hydrogens is 576 g/mol. The molecule has 0 radical (unpaired) electrons. The summed E-state index contributed by atoms with van der Waals surface area (Å²) in [5.41, 5.74) is -0.623. The van der Waals surface area contributed by atoms with Crippen LogP contribution in [-0.2, 0) is 19.0 Å². The summed E-state index contributed by atoms with van der Waals surface area (Å²) in [5.74, 6) is -0.438.